The fraction of sp³-hybridized carbons (Fsp3) is 0.292. The van der Waals surface area contributed by atoms with Crippen LogP contribution in [0.2, 0.25) is 0 Å². The van der Waals surface area contributed by atoms with Crippen molar-refractivity contribution in [2.24, 2.45) is 11.1 Å². The number of benzene rings is 2. The van der Waals surface area contributed by atoms with Crippen LogP contribution < -0.4 is 0 Å². The van der Waals surface area contributed by atoms with Gasteiger partial charge >= 0.3 is 5.97 Å². The Labute approximate surface area is 197 Å². The smallest absolute Gasteiger partial charge is 0.315 e. The Morgan fingerprint density at radius 1 is 1.24 bits per heavy atom. The number of H-pyrrole nitrogens is 1. The fourth-order valence-corrected chi connectivity index (χ4v) is 5.95. The van der Waals surface area contributed by atoms with Gasteiger partial charge in [0.2, 0.25) is 10.0 Å². The van der Waals surface area contributed by atoms with Crippen molar-refractivity contribution in [3.63, 3.8) is 0 Å². The zero-order valence-electron chi connectivity index (χ0n) is 18.8. The van der Waals surface area contributed by atoms with Gasteiger partial charge in [0, 0.05) is 34.6 Å². The van der Waals surface area contributed by atoms with E-state index in [0.717, 1.165) is 5.56 Å². The number of piperidine rings is 1. The van der Waals surface area contributed by atoms with E-state index in [1.54, 1.807) is 36.4 Å². The number of fused-ring (bicyclic) bond motifs is 1. The number of para-hydroxylation sites is 1. The summed E-state index contributed by atoms with van der Waals surface area (Å²) in [5, 5.41) is 13.8. The quantitative estimate of drug-likeness (QED) is 0.240. The first-order valence-electron chi connectivity index (χ1n) is 10.7. The van der Waals surface area contributed by atoms with Crippen LogP contribution in [0, 0.1) is 12.8 Å². The number of ether oxygens (including phenoxy) is 1. The Hall–Kier alpha value is -3.50. The van der Waals surface area contributed by atoms with E-state index in [9.17, 15) is 23.2 Å². The maximum absolute atomic E-state index is 13.2. The SMILES string of the molecule is COC(=O)C(c1[nH]c2ccccc2c1C=O)C1CCN(S(=O)(=O)c2ccc(C)cc2)C/C1=N\O. The molecule has 4 rings (SSSR count). The van der Waals surface area contributed by atoms with E-state index in [4.69, 9.17) is 4.74 Å². The molecule has 2 N–H and O–H groups in total. The standard InChI is InChI=1S/C24H25N3O6S/c1-15-7-9-16(10-8-15)34(31,32)27-12-11-18(21(13-27)26-30)22(24(29)33-2)23-19(14-28)17-5-3-4-6-20(17)25-23/h3-10,14,18,22,25,30H,11-13H2,1-2H3/b26-21+. The van der Waals surface area contributed by atoms with Crippen molar-refractivity contribution < 1.29 is 28.0 Å². The van der Waals surface area contributed by atoms with Crippen LogP contribution >= 0.6 is 0 Å². The molecule has 1 fully saturated rings. The summed E-state index contributed by atoms with van der Waals surface area (Å²) in [6.45, 7) is 1.77. The number of hydrogen-bond acceptors (Lipinski definition) is 7. The molecule has 2 unspecified atom stereocenters. The Morgan fingerprint density at radius 2 is 1.94 bits per heavy atom. The van der Waals surface area contributed by atoms with Crippen LogP contribution in [0.5, 0.6) is 0 Å². The molecule has 1 aliphatic heterocycles. The summed E-state index contributed by atoms with van der Waals surface area (Å²) in [6.07, 6.45) is 0.870. The lowest BCUT2D eigenvalue weighted by Crippen LogP contribution is -2.47. The largest absolute Gasteiger partial charge is 0.468 e. The molecule has 178 valence electrons. The molecular formula is C24H25N3O6S. The van der Waals surface area contributed by atoms with E-state index in [-0.39, 0.29) is 30.1 Å². The van der Waals surface area contributed by atoms with Crippen molar-refractivity contribution in [3.05, 3.63) is 65.4 Å². The summed E-state index contributed by atoms with van der Waals surface area (Å²) in [4.78, 5) is 28.2. The second-order valence-corrected chi connectivity index (χ2v) is 10.2. The lowest BCUT2D eigenvalue weighted by molar-refractivity contribution is -0.143. The number of methoxy groups -OCH3 is 1. The van der Waals surface area contributed by atoms with Crippen molar-refractivity contribution >= 4 is 38.9 Å². The maximum Gasteiger partial charge on any atom is 0.315 e. The summed E-state index contributed by atoms with van der Waals surface area (Å²) in [5.41, 5.74) is 2.39. The van der Waals surface area contributed by atoms with E-state index < -0.39 is 27.8 Å². The van der Waals surface area contributed by atoms with E-state index in [1.807, 2.05) is 6.92 Å². The van der Waals surface area contributed by atoms with Crippen molar-refractivity contribution in [1.82, 2.24) is 9.29 Å². The number of hydrogen-bond donors (Lipinski definition) is 2. The number of aryl methyl sites for hydroxylation is 1. The first kappa shape index (κ1) is 23.7. The molecule has 9 nitrogen and oxygen atoms in total. The number of nitrogens with one attached hydrogen (secondary N) is 1. The van der Waals surface area contributed by atoms with Gasteiger partial charge in [-0.15, -0.1) is 0 Å². The van der Waals surface area contributed by atoms with Crippen LogP contribution in [-0.4, -0.2) is 61.1 Å². The van der Waals surface area contributed by atoms with E-state index in [1.165, 1.54) is 23.5 Å². The molecule has 0 radical (unpaired) electrons. The van der Waals surface area contributed by atoms with E-state index in [2.05, 4.69) is 10.1 Å². The van der Waals surface area contributed by atoms with Gasteiger partial charge in [0.1, 0.15) is 5.92 Å². The summed E-state index contributed by atoms with van der Waals surface area (Å²) < 4.78 is 32.6. The summed E-state index contributed by atoms with van der Waals surface area (Å²) >= 11 is 0. The van der Waals surface area contributed by atoms with Gasteiger partial charge in [-0.25, -0.2) is 8.42 Å². The normalized spacial score (nSPS) is 19.2. The van der Waals surface area contributed by atoms with Gasteiger partial charge in [0.25, 0.3) is 0 Å². The third-order valence-electron chi connectivity index (χ3n) is 6.31. The number of carbonyl (C=O) groups is 2. The number of oxime groups is 1. The van der Waals surface area contributed by atoms with Crippen LogP contribution in [0.25, 0.3) is 10.9 Å². The third kappa shape index (κ3) is 4.10. The molecule has 2 aromatic carbocycles. The summed E-state index contributed by atoms with van der Waals surface area (Å²) in [5.74, 6) is -2.27. The average Bonchev–Trinajstić information content (AvgIpc) is 3.22. The lowest BCUT2D eigenvalue weighted by atomic mass is 9.80. The zero-order valence-corrected chi connectivity index (χ0v) is 19.6. The molecule has 0 spiro atoms. The van der Waals surface area contributed by atoms with Crippen molar-refractivity contribution in [2.75, 3.05) is 20.2 Å². The molecule has 1 saturated heterocycles. The van der Waals surface area contributed by atoms with Crippen LogP contribution in [-0.2, 0) is 19.6 Å². The van der Waals surface area contributed by atoms with Crippen LogP contribution in [0.4, 0.5) is 0 Å². The molecule has 10 heteroatoms. The minimum Gasteiger partial charge on any atom is -0.468 e. The molecule has 2 atom stereocenters. The highest BCUT2D eigenvalue weighted by molar-refractivity contribution is 7.89. The van der Waals surface area contributed by atoms with Crippen molar-refractivity contribution in [1.29, 1.82) is 0 Å². The number of aromatic nitrogens is 1. The Kier molecular flexibility index (Phi) is 6.54. The number of aldehydes is 1. The number of nitrogens with zero attached hydrogens (tertiary/aromatic N) is 2. The van der Waals surface area contributed by atoms with Gasteiger partial charge < -0.3 is 14.9 Å². The molecule has 0 aliphatic carbocycles. The highest BCUT2D eigenvalue weighted by Gasteiger charge is 2.42. The van der Waals surface area contributed by atoms with Gasteiger partial charge in [-0.2, -0.15) is 4.31 Å². The van der Waals surface area contributed by atoms with Gasteiger partial charge in [-0.1, -0.05) is 41.1 Å². The molecular weight excluding hydrogens is 458 g/mol. The molecule has 1 aliphatic rings. The van der Waals surface area contributed by atoms with Gasteiger partial charge in [-0.3, -0.25) is 9.59 Å². The minimum absolute atomic E-state index is 0.101. The van der Waals surface area contributed by atoms with E-state index in [0.29, 0.717) is 28.4 Å². The van der Waals surface area contributed by atoms with Crippen molar-refractivity contribution in [3.8, 4) is 0 Å². The minimum atomic E-state index is -3.83. The Morgan fingerprint density at radius 3 is 2.59 bits per heavy atom. The monoisotopic (exact) mass is 483 g/mol. The first-order chi connectivity index (χ1) is 16.3. The lowest BCUT2D eigenvalue weighted by Gasteiger charge is -2.34. The molecule has 34 heavy (non-hydrogen) atoms. The van der Waals surface area contributed by atoms with Gasteiger partial charge in [0.15, 0.2) is 6.29 Å². The summed E-state index contributed by atoms with van der Waals surface area (Å²) in [7, 11) is -2.59. The average molecular weight is 484 g/mol. The van der Waals surface area contributed by atoms with Gasteiger partial charge in [-0.05, 0) is 31.5 Å². The Bertz CT molecular complexity index is 1360. The predicted octanol–water partition coefficient (Wildman–Crippen LogP) is 3.09. The molecule has 2 heterocycles. The second-order valence-electron chi connectivity index (χ2n) is 8.25. The van der Waals surface area contributed by atoms with Crippen LogP contribution in [0.15, 0.2) is 58.6 Å². The predicted molar refractivity (Wildman–Crippen MR) is 126 cm³/mol. The highest BCUT2D eigenvalue weighted by atomic mass is 32.2. The molecule has 0 bridgehead atoms. The number of esters is 1. The summed E-state index contributed by atoms with van der Waals surface area (Å²) in [6, 6.07) is 13.6. The topological polar surface area (TPSA) is 129 Å². The zero-order chi connectivity index (χ0) is 24.5. The number of rotatable bonds is 6. The van der Waals surface area contributed by atoms with Crippen LogP contribution in [0.3, 0.4) is 0 Å². The fourth-order valence-electron chi connectivity index (χ4n) is 4.52. The van der Waals surface area contributed by atoms with Gasteiger partial charge in [0.05, 0.1) is 24.3 Å². The van der Waals surface area contributed by atoms with E-state index >= 15 is 0 Å². The molecule has 1 aromatic heterocycles. The first-order valence-corrected chi connectivity index (χ1v) is 12.2. The Balaban J connectivity index is 1.71. The molecule has 0 amide bonds. The maximum atomic E-state index is 13.2. The second kappa shape index (κ2) is 9.40. The number of carbonyl (C=O) groups excluding carboxylic acids is 2. The number of aromatic amines is 1. The van der Waals surface area contributed by atoms with Crippen LogP contribution in [0.1, 0.15) is 34.0 Å². The molecule has 3 aromatic rings. The molecule has 0 saturated carbocycles. The van der Waals surface area contributed by atoms with Crippen molar-refractivity contribution in [2.45, 2.75) is 24.2 Å². The highest BCUT2D eigenvalue weighted by Crippen LogP contribution is 2.37. The third-order valence-corrected chi connectivity index (χ3v) is 8.17. The number of sulfonamides is 1.